The normalized spacial score (nSPS) is 25.5. The van der Waals surface area contributed by atoms with E-state index < -0.39 is 0 Å². The van der Waals surface area contributed by atoms with Gasteiger partial charge in [-0.15, -0.1) is 5.10 Å². The van der Waals surface area contributed by atoms with Gasteiger partial charge in [0.25, 0.3) is 0 Å². The smallest absolute Gasteiger partial charge is 0.234 e. The molecule has 3 saturated heterocycles. The number of aromatic nitrogens is 2. The van der Waals surface area contributed by atoms with Gasteiger partial charge in [-0.25, -0.2) is 0 Å². The van der Waals surface area contributed by atoms with Crippen molar-refractivity contribution in [3.05, 3.63) is 36.0 Å². The van der Waals surface area contributed by atoms with Crippen LogP contribution in [0, 0.1) is 5.92 Å². The molecular weight excluding hydrogens is 410 g/mol. The predicted octanol–water partition coefficient (Wildman–Crippen LogP) is 6.06. The molecule has 1 unspecified atom stereocenters. The van der Waals surface area contributed by atoms with E-state index in [0.29, 0.717) is 12.0 Å². The van der Waals surface area contributed by atoms with Crippen LogP contribution in [-0.4, -0.2) is 46.9 Å². The highest BCUT2D eigenvalue weighted by atomic mass is 16.5. The molecule has 0 spiro atoms. The van der Waals surface area contributed by atoms with Crippen LogP contribution >= 0.6 is 0 Å². The Labute approximate surface area is 198 Å². The average Bonchev–Trinajstić information content (AvgIpc) is 3.17. The van der Waals surface area contributed by atoms with Gasteiger partial charge in [-0.05, 0) is 94.5 Å². The molecule has 4 aliphatic rings. The van der Waals surface area contributed by atoms with Crippen molar-refractivity contribution >= 4 is 0 Å². The molecule has 1 saturated carbocycles. The summed E-state index contributed by atoms with van der Waals surface area (Å²) in [6.07, 6.45) is 13.8. The minimum absolute atomic E-state index is 0.218. The number of aryl methyl sites for hydroxylation is 1. The lowest BCUT2D eigenvalue weighted by Crippen LogP contribution is -2.34. The zero-order chi connectivity index (χ0) is 22.5. The first-order chi connectivity index (χ1) is 16.3. The van der Waals surface area contributed by atoms with Crippen molar-refractivity contribution in [3.63, 3.8) is 0 Å². The van der Waals surface area contributed by atoms with Crippen molar-refractivity contribution in [2.75, 3.05) is 19.6 Å². The van der Waals surface area contributed by atoms with Gasteiger partial charge in [0.15, 0.2) is 0 Å². The van der Waals surface area contributed by atoms with Crippen LogP contribution in [0.1, 0.15) is 76.8 Å². The minimum Gasteiger partial charge on any atom is -0.490 e. The number of rotatable bonds is 8. The maximum absolute atomic E-state index is 6.42. The lowest BCUT2D eigenvalue weighted by molar-refractivity contribution is 0.146. The second-order valence-electron chi connectivity index (χ2n) is 10.3. The monoisotopic (exact) mass is 449 g/mol. The number of piperidine rings is 1. The Hall–Kier alpha value is -2.14. The van der Waals surface area contributed by atoms with Gasteiger partial charge in [0.1, 0.15) is 11.9 Å². The lowest BCUT2D eigenvalue weighted by Gasteiger charge is -2.26. The minimum atomic E-state index is 0.218. The van der Waals surface area contributed by atoms with E-state index in [0.717, 1.165) is 55.2 Å². The van der Waals surface area contributed by atoms with E-state index in [1.165, 1.54) is 63.6 Å². The third-order valence-corrected chi connectivity index (χ3v) is 7.69. The van der Waals surface area contributed by atoms with Crippen LogP contribution in [0.2, 0.25) is 0 Å². The van der Waals surface area contributed by atoms with E-state index in [1.54, 1.807) is 0 Å². The van der Waals surface area contributed by atoms with E-state index in [2.05, 4.69) is 52.4 Å². The van der Waals surface area contributed by atoms with Crippen molar-refractivity contribution in [1.82, 2.24) is 15.1 Å². The summed E-state index contributed by atoms with van der Waals surface area (Å²) in [5.41, 5.74) is 3.38. The highest BCUT2D eigenvalue weighted by Gasteiger charge is 2.30. The Morgan fingerprint density at radius 1 is 0.909 bits per heavy atom. The molecule has 1 aromatic heterocycles. The summed E-state index contributed by atoms with van der Waals surface area (Å²) in [5, 5.41) is 9.12. The van der Waals surface area contributed by atoms with Gasteiger partial charge in [-0.2, -0.15) is 5.10 Å². The summed E-state index contributed by atoms with van der Waals surface area (Å²) in [7, 11) is 0. The number of unbranched alkanes of at least 4 members (excludes halogenated alkanes) is 1. The predicted molar refractivity (Wildman–Crippen MR) is 132 cm³/mol. The molecule has 178 valence electrons. The molecule has 6 rings (SSSR count). The van der Waals surface area contributed by atoms with E-state index in [9.17, 15) is 0 Å². The van der Waals surface area contributed by atoms with Crippen LogP contribution in [0.4, 0.5) is 0 Å². The number of ether oxygens (including phenoxy) is 2. The molecular formula is C28H39N3O2. The molecule has 0 N–H and O–H groups in total. The number of hydrogen-bond donors (Lipinski definition) is 0. The van der Waals surface area contributed by atoms with Crippen molar-refractivity contribution in [1.29, 1.82) is 0 Å². The standard InChI is InChI=1S/C28H39N3O2/c1-2-3-9-27-26(22-10-12-24(13-11-22)32-23-7-5-4-6-8-23)19-28(30-29-27)33-25-18-21-14-16-31(20-25)17-15-21/h10-13,19,21,23,25H,2-9,14-18,20H2,1H3. The Kier molecular flexibility index (Phi) is 7.45. The van der Waals surface area contributed by atoms with Crippen molar-refractivity contribution in [2.24, 2.45) is 5.92 Å². The second kappa shape index (κ2) is 10.9. The third-order valence-electron chi connectivity index (χ3n) is 7.69. The summed E-state index contributed by atoms with van der Waals surface area (Å²) in [5.74, 6) is 2.43. The second-order valence-corrected chi connectivity index (χ2v) is 10.3. The Balaban J connectivity index is 1.33. The van der Waals surface area contributed by atoms with Crippen LogP contribution in [0.5, 0.6) is 11.6 Å². The molecule has 33 heavy (non-hydrogen) atoms. The fourth-order valence-electron chi connectivity index (χ4n) is 5.72. The van der Waals surface area contributed by atoms with E-state index in [-0.39, 0.29) is 6.10 Å². The molecule has 3 aliphatic heterocycles. The molecule has 1 atom stereocenters. The van der Waals surface area contributed by atoms with Gasteiger partial charge in [0.05, 0.1) is 11.8 Å². The zero-order valence-corrected chi connectivity index (χ0v) is 20.2. The van der Waals surface area contributed by atoms with Crippen LogP contribution < -0.4 is 9.47 Å². The van der Waals surface area contributed by atoms with Gasteiger partial charge < -0.3 is 9.47 Å². The van der Waals surface area contributed by atoms with Gasteiger partial charge in [0, 0.05) is 18.2 Å². The molecule has 4 fully saturated rings. The quantitative estimate of drug-likeness (QED) is 0.490. The summed E-state index contributed by atoms with van der Waals surface area (Å²) < 4.78 is 12.7. The van der Waals surface area contributed by atoms with Crippen molar-refractivity contribution in [2.45, 2.75) is 89.8 Å². The molecule has 5 nitrogen and oxygen atoms in total. The molecule has 1 aliphatic carbocycles. The average molecular weight is 450 g/mol. The van der Waals surface area contributed by atoms with Crippen molar-refractivity contribution in [3.8, 4) is 22.8 Å². The van der Waals surface area contributed by atoms with E-state index in [1.807, 2.05) is 0 Å². The lowest BCUT2D eigenvalue weighted by atomic mass is 9.95. The number of fused-ring (bicyclic) bond motifs is 4. The first kappa shape index (κ1) is 22.6. The van der Waals surface area contributed by atoms with Crippen LogP contribution in [0.15, 0.2) is 30.3 Å². The Bertz CT molecular complexity index is 873. The van der Waals surface area contributed by atoms with Gasteiger partial charge >= 0.3 is 0 Å². The summed E-state index contributed by atoms with van der Waals surface area (Å²) in [6, 6.07) is 10.7. The molecule has 2 bridgehead atoms. The van der Waals surface area contributed by atoms with Crippen molar-refractivity contribution < 1.29 is 9.47 Å². The molecule has 4 heterocycles. The summed E-state index contributed by atoms with van der Waals surface area (Å²) >= 11 is 0. The molecule has 5 heteroatoms. The highest BCUT2D eigenvalue weighted by Crippen LogP contribution is 2.32. The molecule has 1 aromatic carbocycles. The SMILES string of the molecule is CCCCc1nnc(OC2CC3CCN(CC3)C2)cc1-c1ccc(OC2CCCCC2)cc1. The fourth-order valence-corrected chi connectivity index (χ4v) is 5.72. The van der Waals surface area contributed by atoms with E-state index in [4.69, 9.17) is 9.47 Å². The molecule has 0 radical (unpaired) electrons. The third kappa shape index (κ3) is 5.87. The molecule has 0 amide bonds. The Morgan fingerprint density at radius 3 is 2.45 bits per heavy atom. The zero-order valence-electron chi connectivity index (χ0n) is 20.2. The topological polar surface area (TPSA) is 47.5 Å². The highest BCUT2D eigenvalue weighted by molar-refractivity contribution is 5.67. The first-order valence-electron chi connectivity index (χ1n) is 13.3. The number of hydrogen-bond acceptors (Lipinski definition) is 5. The Morgan fingerprint density at radius 2 is 1.70 bits per heavy atom. The van der Waals surface area contributed by atoms with Gasteiger partial charge in [0.2, 0.25) is 5.88 Å². The number of benzene rings is 1. The maximum atomic E-state index is 6.42. The van der Waals surface area contributed by atoms with Gasteiger partial charge in [-0.1, -0.05) is 31.9 Å². The van der Waals surface area contributed by atoms with Crippen LogP contribution in [0.3, 0.4) is 0 Å². The summed E-state index contributed by atoms with van der Waals surface area (Å²) in [6.45, 7) is 5.66. The largest absolute Gasteiger partial charge is 0.490 e. The maximum Gasteiger partial charge on any atom is 0.234 e. The molecule has 2 aromatic rings. The number of nitrogens with zero attached hydrogens (tertiary/aromatic N) is 3. The summed E-state index contributed by atoms with van der Waals surface area (Å²) in [4.78, 5) is 2.54. The van der Waals surface area contributed by atoms with Gasteiger partial charge in [-0.3, -0.25) is 4.90 Å². The fraction of sp³-hybridized carbons (Fsp3) is 0.643. The van der Waals surface area contributed by atoms with E-state index >= 15 is 0 Å². The van der Waals surface area contributed by atoms with Crippen LogP contribution in [-0.2, 0) is 6.42 Å². The first-order valence-corrected chi connectivity index (χ1v) is 13.3. The van der Waals surface area contributed by atoms with Crippen LogP contribution in [0.25, 0.3) is 11.1 Å².